The molecule has 26 heavy (non-hydrogen) atoms. The van der Waals surface area contributed by atoms with Crippen LogP contribution >= 0.6 is 23.2 Å². The van der Waals surface area contributed by atoms with Crippen LogP contribution in [0, 0.1) is 0 Å². The summed E-state index contributed by atoms with van der Waals surface area (Å²) in [7, 11) is -0.971. The molecular weight excluding hydrogens is 383 g/mol. The minimum atomic E-state index is -0.971. The molecule has 1 aromatic heterocycles. The summed E-state index contributed by atoms with van der Waals surface area (Å²) in [5, 5.41) is 1.70. The van der Waals surface area contributed by atoms with Crippen LogP contribution in [0.25, 0.3) is 22.2 Å². The van der Waals surface area contributed by atoms with Gasteiger partial charge in [-0.15, -0.1) is 0 Å². The Morgan fingerprint density at radius 2 is 1.73 bits per heavy atom. The van der Waals surface area contributed by atoms with Gasteiger partial charge in [-0.2, -0.15) is 0 Å². The molecule has 1 heterocycles. The molecule has 0 saturated carbocycles. The summed E-state index contributed by atoms with van der Waals surface area (Å²) < 4.78 is 6.34. The van der Waals surface area contributed by atoms with Gasteiger partial charge in [-0.1, -0.05) is 44.5 Å². The largest absolute Gasteiger partial charge is 0.542 e. The highest BCUT2D eigenvalue weighted by molar-refractivity contribution is 6.49. The van der Waals surface area contributed by atoms with Crippen molar-refractivity contribution < 1.29 is 4.43 Å². The number of aromatic nitrogens is 2. The molecule has 0 fully saturated rings. The Kier molecular flexibility index (Phi) is 5.29. The van der Waals surface area contributed by atoms with E-state index in [1.54, 1.807) is 6.07 Å². The fourth-order valence-corrected chi connectivity index (χ4v) is 3.88. The maximum absolute atomic E-state index is 6.34. The van der Waals surface area contributed by atoms with Crippen molar-refractivity contribution in [1.29, 1.82) is 0 Å². The Morgan fingerprint density at radius 3 is 2.38 bits per heavy atom. The maximum atomic E-state index is 6.34. The Bertz CT molecular complexity index is 968. The molecule has 0 aliphatic heterocycles. The van der Waals surface area contributed by atoms with Crippen molar-refractivity contribution in [2.45, 2.75) is 39.3 Å². The normalized spacial score (nSPS) is 12.0. The lowest BCUT2D eigenvalue weighted by Gasteiger charge is -2.26. The molecule has 3 rings (SSSR count). The highest BCUT2D eigenvalue weighted by Crippen LogP contribution is 2.41. The molecule has 6 heteroatoms. The fraction of sp³-hybridized carbons (Fsp3) is 0.300. The van der Waals surface area contributed by atoms with E-state index in [1.165, 1.54) is 0 Å². The van der Waals surface area contributed by atoms with Crippen LogP contribution in [0.3, 0.4) is 0 Å². The molecule has 0 unspecified atom stereocenters. The van der Waals surface area contributed by atoms with Crippen molar-refractivity contribution in [3.8, 4) is 17.0 Å². The molecule has 0 N–H and O–H groups in total. The average molecular weight is 404 g/mol. The van der Waals surface area contributed by atoms with Crippen LogP contribution in [0.15, 0.2) is 36.4 Å². The van der Waals surface area contributed by atoms with Gasteiger partial charge in [-0.25, -0.2) is 9.97 Å². The van der Waals surface area contributed by atoms with E-state index >= 15 is 0 Å². The molecule has 2 aromatic carbocycles. The van der Waals surface area contributed by atoms with Gasteiger partial charge in [0.25, 0.3) is 9.04 Å². The maximum Gasteiger partial charge on any atom is 0.274 e. The second-order valence-corrected chi connectivity index (χ2v) is 10.2. The summed E-state index contributed by atoms with van der Waals surface area (Å²) in [6.45, 7) is 10.8. The molecule has 0 aliphatic rings. The number of benzene rings is 2. The van der Waals surface area contributed by atoms with E-state index in [-0.39, 0.29) is 10.7 Å². The number of rotatable bonds is 3. The molecule has 3 aromatic rings. The first-order valence-electron chi connectivity index (χ1n) is 8.41. The van der Waals surface area contributed by atoms with E-state index in [2.05, 4.69) is 49.9 Å². The van der Waals surface area contributed by atoms with Gasteiger partial charge in [-0.3, -0.25) is 0 Å². The van der Waals surface area contributed by atoms with Gasteiger partial charge in [-0.05, 0) is 59.9 Å². The van der Waals surface area contributed by atoms with Crippen LogP contribution in [0.5, 0.6) is 5.75 Å². The van der Waals surface area contributed by atoms with E-state index in [4.69, 9.17) is 27.6 Å². The lowest BCUT2D eigenvalue weighted by molar-refractivity contribution is 0.522. The first kappa shape index (κ1) is 19.1. The number of halogens is 2. The number of hydrogen-bond acceptors (Lipinski definition) is 3. The fourth-order valence-electron chi connectivity index (χ4n) is 2.91. The predicted molar refractivity (Wildman–Crippen MR) is 112 cm³/mol. The number of para-hydroxylation sites is 1. The van der Waals surface area contributed by atoms with E-state index < -0.39 is 9.04 Å². The summed E-state index contributed by atoms with van der Waals surface area (Å²) in [5.41, 5.74) is 3.50. The average Bonchev–Trinajstić information content (AvgIpc) is 2.53. The van der Waals surface area contributed by atoms with Crippen molar-refractivity contribution in [2.75, 3.05) is 0 Å². The monoisotopic (exact) mass is 403 g/mol. The molecular formula is C20H21Cl2N2OSi. The molecule has 3 nitrogen and oxygen atoms in total. The minimum absolute atomic E-state index is 0.0626. The predicted octanol–water partition coefficient (Wildman–Crippen LogP) is 6.53. The van der Waals surface area contributed by atoms with Gasteiger partial charge in [0.05, 0.1) is 11.2 Å². The quantitative estimate of drug-likeness (QED) is 0.368. The summed E-state index contributed by atoms with van der Waals surface area (Å²) in [6.07, 6.45) is 0. The lowest BCUT2D eigenvalue weighted by atomic mass is 9.84. The van der Waals surface area contributed by atoms with E-state index in [1.807, 2.05) is 24.3 Å². The van der Waals surface area contributed by atoms with Crippen molar-refractivity contribution in [3.05, 3.63) is 52.3 Å². The second kappa shape index (κ2) is 7.18. The van der Waals surface area contributed by atoms with Crippen molar-refractivity contribution in [1.82, 2.24) is 9.97 Å². The number of nitrogens with zero attached hydrogens (tertiary/aromatic N) is 2. The third kappa shape index (κ3) is 3.87. The van der Waals surface area contributed by atoms with Crippen LogP contribution in [0.1, 0.15) is 26.3 Å². The van der Waals surface area contributed by atoms with Gasteiger partial charge >= 0.3 is 0 Å². The Hall–Kier alpha value is -1.62. The lowest BCUT2D eigenvalue weighted by Crippen LogP contribution is -2.19. The molecule has 0 amide bonds. The van der Waals surface area contributed by atoms with Crippen molar-refractivity contribution in [3.63, 3.8) is 0 Å². The third-order valence-electron chi connectivity index (χ3n) is 4.01. The van der Waals surface area contributed by atoms with E-state index in [0.717, 1.165) is 33.5 Å². The zero-order valence-corrected chi connectivity index (χ0v) is 18.0. The SMILES string of the molecule is C[Si](C)Oc1c(-c2nc(Cl)nc3ccc(Cl)cc23)cccc1C(C)(C)C. The van der Waals surface area contributed by atoms with Crippen LogP contribution in [0.4, 0.5) is 0 Å². The molecule has 135 valence electrons. The van der Waals surface area contributed by atoms with Gasteiger partial charge in [0.15, 0.2) is 0 Å². The molecule has 0 atom stereocenters. The van der Waals surface area contributed by atoms with Crippen molar-refractivity contribution >= 4 is 43.1 Å². The Labute approximate surface area is 166 Å². The number of hydrogen-bond donors (Lipinski definition) is 0. The van der Waals surface area contributed by atoms with Crippen LogP contribution in [0.2, 0.25) is 23.4 Å². The highest BCUT2D eigenvalue weighted by atomic mass is 35.5. The van der Waals surface area contributed by atoms with Gasteiger partial charge in [0.2, 0.25) is 5.28 Å². The van der Waals surface area contributed by atoms with E-state index in [9.17, 15) is 0 Å². The standard InChI is InChI=1S/C20H21Cl2N2OSi/c1-20(2,3)15-8-6-7-13(18(15)25-26(4)5)17-14-11-12(21)9-10-16(14)23-19(22)24-17/h6-11H,1-5H3. The Balaban J connectivity index is 2.37. The molecule has 1 radical (unpaired) electrons. The summed E-state index contributed by atoms with van der Waals surface area (Å²) in [4.78, 5) is 8.86. The molecule has 0 aliphatic carbocycles. The van der Waals surface area contributed by atoms with Crippen LogP contribution in [-0.4, -0.2) is 19.0 Å². The van der Waals surface area contributed by atoms with Crippen LogP contribution in [-0.2, 0) is 5.41 Å². The second-order valence-electron chi connectivity index (χ2n) is 7.45. The molecule has 0 bridgehead atoms. The topological polar surface area (TPSA) is 35.0 Å². The summed E-state index contributed by atoms with van der Waals surface area (Å²) in [5.74, 6) is 0.870. The molecule has 0 saturated heterocycles. The minimum Gasteiger partial charge on any atom is -0.542 e. The molecule has 0 spiro atoms. The van der Waals surface area contributed by atoms with Gasteiger partial charge < -0.3 is 4.43 Å². The zero-order valence-electron chi connectivity index (χ0n) is 15.5. The smallest absolute Gasteiger partial charge is 0.274 e. The Morgan fingerprint density at radius 1 is 1.00 bits per heavy atom. The van der Waals surface area contributed by atoms with E-state index in [0.29, 0.717) is 5.02 Å². The van der Waals surface area contributed by atoms with Crippen LogP contribution < -0.4 is 4.43 Å². The summed E-state index contributed by atoms with van der Waals surface area (Å²) in [6, 6.07) is 11.7. The zero-order chi connectivity index (χ0) is 19.1. The highest BCUT2D eigenvalue weighted by Gasteiger charge is 2.24. The summed E-state index contributed by atoms with van der Waals surface area (Å²) >= 11 is 12.4. The van der Waals surface area contributed by atoms with Crippen molar-refractivity contribution in [2.24, 2.45) is 0 Å². The third-order valence-corrected chi connectivity index (χ3v) is 5.03. The number of fused-ring (bicyclic) bond motifs is 1. The van der Waals surface area contributed by atoms with Gasteiger partial charge in [0.1, 0.15) is 5.75 Å². The van der Waals surface area contributed by atoms with Gasteiger partial charge in [0, 0.05) is 16.0 Å². The first-order chi connectivity index (χ1) is 12.2. The first-order valence-corrected chi connectivity index (χ1v) is 11.6.